The van der Waals surface area contributed by atoms with Crippen molar-refractivity contribution < 1.29 is 13.5 Å². The number of nitrogens with zero attached hydrogens (tertiary/aromatic N) is 1. The number of aromatic hydroxyl groups is 1. The maximum atomic E-state index is 11.9. The van der Waals surface area contributed by atoms with Crippen LogP contribution in [-0.4, -0.2) is 30.8 Å². The van der Waals surface area contributed by atoms with Crippen LogP contribution >= 0.6 is 11.3 Å². The average molecular weight is 327 g/mol. The summed E-state index contributed by atoms with van der Waals surface area (Å²) in [5, 5.41) is 15.2. The first-order valence-electron chi connectivity index (χ1n) is 6.43. The molecule has 0 saturated carbocycles. The summed E-state index contributed by atoms with van der Waals surface area (Å²) >= 11 is 1.37. The number of nitrogens with one attached hydrogen (secondary N) is 1. The second kappa shape index (κ2) is 6.42. The molecular formula is C13H17N3O3S2. The van der Waals surface area contributed by atoms with Crippen molar-refractivity contribution in [2.45, 2.75) is 18.2 Å². The third-order valence-electron chi connectivity index (χ3n) is 2.90. The third-order valence-corrected chi connectivity index (χ3v) is 5.44. The molecule has 0 amide bonds. The van der Waals surface area contributed by atoms with Crippen LogP contribution in [0.5, 0.6) is 5.75 Å². The van der Waals surface area contributed by atoms with Gasteiger partial charge in [-0.15, -0.1) is 11.3 Å². The van der Waals surface area contributed by atoms with Crippen LogP contribution in [0, 0.1) is 0 Å². The number of aromatic nitrogens is 1. The summed E-state index contributed by atoms with van der Waals surface area (Å²) < 4.78 is 23.7. The summed E-state index contributed by atoms with van der Waals surface area (Å²) in [6.45, 7) is 2.09. The van der Waals surface area contributed by atoms with Gasteiger partial charge in [0.2, 0.25) is 0 Å². The third kappa shape index (κ3) is 3.72. The maximum absolute atomic E-state index is 11.9. The van der Waals surface area contributed by atoms with E-state index in [1.807, 2.05) is 5.38 Å². The molecule has 0 radical (unpaired) electrons. The first-order valence-corrected chi connectivity index (χ1v) is 8.96. The summed E-state index contributed by atoms with van der Waals surface area (Å²) in [7, 11) is -3.32. The fourth-order valence-corrected chi connectivity index (χ4v) is 3.38. The Morgan fingerprint density at radius 1 is 1.43 bits per heavy atom. The van der Waals surface area contributed by atoms with Gasteiger partial charge in [0, 0.05) is 11.8 Å². The molecule has 1 aromatic heterocycles. The van der Waals surface area contributed by atoms with Crippen molar-refractivity contribution in [3.63, 3.8) is 0 Å². The van der Waals surface area contributed by atoms with Gasteiger partial charge in [-0.05, 0) is 24.7 Å². The molecule has 0 bridgehead atoms. The van der Waals surface area contributed by atoms with Crippen LogP contribution < -0.4 is 11.1 Å². The highest BCUT2D eigenvalue weighted by atomic mass is 32.2. The number of phenols is 1. The minimum absolute atomic E-state index is 0.00904. The number of sulfone groups is 1. The molecule has 2 aromatic rings. The van der Waals surface area contributed by atoms with Crippen LogP contribution in [0.4, 0.5) is 10.8 Å². The summed E-state index contributed by atoms with van der Waals surface area (Å²) in [5.41, 5.74) is 6.65. The van der Waals surface area contributed by atoms with E-state index in [0.29, 0.717) is 23.8 Å². The highest BCUT2D eigenvalue weighted by Gasteiger charge is 2.14. The van der Waals surface area contributed by atoms with Crippen LogP contribution in [0.2, 0.25) is 0 Å². The summed E-state index contributed by atoms with van der Waals surface area (Å²) in [4.78, 5) is 4.49. The maximum Gasteiger partial charge on any atom is 0.187 e. The molecule has 2 rings (SSSR count). The molecule has 0 fully saturated rings. The second-order valence-electron chi connectivity index (χ2n) is 4.39. The molecule has 0 aliphatic carbocycles. The normalized spacial score (nSPS) is 11.5. The molecule has 8 heteroatoms. The van der Waals surface area contributed by atoms with Crippen LogP contribution in [0.1, 0.15) is 12.6 Å². The van der Waals surface area contributed by atoms with Crippen molar-refractivity contribution in [3.8, 4) is 5.75 Å². The fourth-order valence-electron chi connectivity index (χ4n) is 1.72. The molecule has 1 aromatic carbocycles. The Balaban J connectivity index is 2.28. The standard InChI is InChI=1S/C13H17N3O3S2/c1-2-21(18,19)10-3-4-12(17)11(7-10)16-13-15-9(5-6-14)8-20-13/h3-4,7-8,17H,2,5-6,14H2,1H3,(H,15,16). The Bertz CT molecular complexity index is 726. The van der Waals surface area contributed by atoms with Crippen molar-refractivity contribution in [3.05, 3.63) is 29.3 Å². The lowest BCUT2D eigenvalue weighted by molar-refractivity contribution is 0.477. The van der Waals surface area contributed by atoms with Gasteiger partial charge in [-0.2, -0.15) is 0 Å². The fraction of sp³-hybridized carbons (Fsp3) is 0.308. The Kier molecular flexibility index (Phi) is 4.81. The zero-order valence-corrected chi connectivity index (χ0v) is 13.2. The molecule has 0 aliphatic rings. The van der Waals surface area contributed by atoms with Crippen molar-refractivity contribution >= 4 is 32.0 Å². The van der Waals surface area contributed by atoms with E-state index in [0.717, 1.165) is 5.69 Å². The molecule has 0 spiro atoms. The largest absolute Gasteiger partial charge is 0.506 e. The topological polar surface area (TPSA) is 105 Å². The van der Waals surface area contributed by atoms with E-state index in [1.54, 1.807) is 6.92 Å². The Hall–Kier alpha value is -1.64. The minimum atomic E-state index is -3.32. The van der Waals surface area contributed by atoms with Gasteiger partial charge < -0.3 is 16.2 Å². The average Bonchev–Trinajstić information content (AvgIpc) is 2.89. The van der Waals surface area contributed by atoms with Crippen LogP contribution in [0.15, 0.2) is 28.5 Å². The lowest BCUT2D eigenvalue weighted by Gasteiger charge is -2.08. The van der Waals surface area contributed by atoms with Crippen LogP contribution in [0.3, 0.4) is 0 Å². The number of anilines is 2. The zero-order chi connectivity index (χ0) is 15.5. The van der Waals surface area contributed by atoms with Gasteiger partial charge in [0.05, 0.1) is 22.0 Å². The van der Waals surface area contributed by atoms with Crippen LogP contribution in [0.25, 0.3) is 0 Å². The highest BCUT2D eigenvalue weighted by Crippen LogP contribution is 2.30. The van der Waals surface area contributed by atoms with Crippen LogP contribution in [-0.2, 0) is 16.3 Å². The number of hydrogen-bond acceptors (Lipinski definition) is 7. The Labute approximate surface area is 127 Å². The number of phenolic OH excluding ortho intramolecular Hbond substituents is 1. The van der Waals surface area contributed by atoms with Gasteiger partial charge >= 0.3 is 0 Å². The Morgan fingerprint density at radius 2 is 2.19 bits per heavy atom. The van der Waals surface area contributed by atoms with Crippen molar-refractivity contribution in [2.24, 2.45) is 5.73 Å². The Morgan fingerprint density at radius 3 is 2.86 bits per heavy atom. The smallest absolute Gasteiger partial charge is 0.187 e. The quantitative estimate of drug-likeness (QED) is 0.700. The minimum Gasteiger partial charge on any atom is -0.506 e. The number of rotatable bonds is 6. The van der Waals surface area contributed by atoms with E-state index in [2.05, 4.69) is 10.3 Å². The molecule has 114 valence electrons. The summed E-state index contributed by atoms with van der Waals surface area (Å²) in [6.07, 6.45) is 0.675. The molecule has 6 nitrogen and oxygen atoms in total. The zero-order valence-electron chi connectivity index (χ0n) is 11.5. The first-order chi connectivity index (χ1) is 9.96. The van der Waals surface area contributed by atoms with E-state index in [1.165, 1.54) is 29.5 Å². The molecule has 0 saturated heterocycles. The van der Waals surface area contributed by atoms with E-state index >= 15 is 0 Å². The SMILES string of the molecule is CCS(=O)(=O)c1ccc(O)c(Nc2nc(CCN)cs2)c1. The number of hydrogen-bond donors (Lipinski definition) is 3. The van der Waals surface area contributed by atoms with E-state index in [9.17, 15) is 13.5 Å². The molecule has 0 aliphatic heterocycles. The van der Waals surface area contributed by atoms with E-state index in [-0.39, 0.29) is 16.4 Å². The molecule has 0 atom stereocenters. The lowest BCUT2D eigenvalue weighted by Crippen LogP contribution is -2.04. The van der Waals surface area contributed by atoms with Gasteiger partial charge in [-0.25, -0.2) is 13.4 Å². The van der Waals surface area contributed by atoms with Gasteiger partial charge in [0.15, 0.2) is 15.0 Å². The van der Waals surface area contributed by atoms with E-state index in [4.69, 9.17) is 5.73 Å². The second-order valence-corrected chi connectivity index (χ2v) is 7.53. The predicted octanol–water partition coefficient (Wildman–Crippen LogP) is 1.89. The molecule has 0 unspecified atom stereocenters. The lowest BCUT2D eigenvalue weighted by atomic mass is 10.3. The van der Waals surface area contributed by atoms with Gasteiger partial charge in [0.1, 0.15) is 5.75 Å². The van der Waals surface area contributed by atoms with Gasteiger partial charge in [-0.1, -0.05) is 6.92 Å². The number of thiazole rings is 1. The first kappa shape index (κ1) is 15.7. The van der Waals surface area contributed by atoms with Crippen molar-refractivity contribution in [1.82, 2.24) is 4.98 Å². The van der Waals surface area contributed by atoms with Gasteiger partial charge in [0.25, 0.3) is 0 Å². The monoisotopic (exact) mass is 327 g/mol. The predicted molar refractivity (Wildman–Crippen MR) is 84.0 cm³/mol. The molecule has 21 heavy (non-hydrogen) atoms. The van der Waals surface area contributed by atoms with Gasteiger partial charge in [-0.3, -0.25) is 0 Å². The van der Waals surface area contributed by atoms with E-state index < -0.39 is 9.84 Å². The molecule has 4 N–H and O–H groups in total. The number of benzene rings is 1. The number of nitrogens with two attached hydrogens (primary N) is 1. The summed E-state index contributed by atoms with van der Waals surface area (Å²) in [5.74, 6) is -0.0182. The highest BCUT2D eigenvalue weighted by molar-refractivity contribution is 7.91. The molecular weight excluding hydrogens is 310 g/mol. The molecule has 1 heterocycles. The summed E-state index contributed by atoms with van der Waals surface area (Å²) in [6, 6.07) is 4.17. The van der Waals surface area contributed by atoms with Crippen molar-refractivity contribution in [1.29, 1.82) is 0 Å². The van der Waals surface area contributed by atoms with Crippen molar-refractivity contribution in [2.75, 3.05) is 17.6 Å².